The molecule has 6 heteroatoms. The Morgan fingerprint density at radius 2 is 1.37 bits per heavy atom. The third kappa shape index (κ3) is 8.88. The first-order valence-electron chi connectivity index (χ1n) is 6.72. The van der Waals surface area contributed by atoms with E-state index in [-0.39, 0.29) is 5.97 Å². The lowest BCUT2D eigenvalue weighted by Gasteiger charge is -2.28. The van der Waals surface area contributed by atoms with Crippen LogP contribution in [0.15, 0.2) is 11.5 Å². The molecular formula is C13H28O4Si2. The van der Waals surface area contributed by atoms with Crippen LogP contribution in [0, 0.1) is 0 Å². The Hall–Kier alpha value is -0.756. The molecule has 0 aromatic heterocycles. The fourth-order valence-corrected chi connectivity index (χ4v) is 2.70. The molecule has 0 N–H and O–H groups in total. The van der Waals surface area contributed by atoms with E-state index in [9.17, 15) is 4.79 Å². The van der Waals surface area contributed by atoms with E-state index >= 15 is 0 Å². The van der Waals surface area contributed by atoms with Crippen LogP contribution in [0.5, 0.6) is 0 Å². The first kappa shape index (κ1) is 18.2. The summed E-state index contributed by atoms with van der Waals surface area (Å²) in [5, 5.41) is 0. The minimum absolute atomic E-state index is 0.353. The van der Waals surface area contributed by atoms with Crippen LogP contribution in [0.2, 0.25) is 39.3 Å². The largest absolute Gasteiger partial charge is 0.520 e. The zero-order valence-corrected chi connectivity index (χ0v) is 15.5. The van der Waals surface area contributed by atoms with E-state index in [4.69, 9.17) is 13.6 Å². The Bertz CT molecular complexity index is 320. The molecule has 0 unspecified atom stereocenters. The van der Waals surface area contributed by atoms with Gasteiger partial charge in [0.1, 0.15) is 5.57 Å². The Labute approximate surface area is 119 Å². The zero-order chi connectivity index (χ0) is 15.3. The van der Waals surface area contributed by atoms with Crippen molar-refractivity contribution in [3.05, 3.63) is 11.5 Å². The maximum atomic E-state index is 11.9. The summed E-state index contributed by atoms with van der Waals surface area (Å²) in [5.74, 6) is 0.00721. The predicted molar refractivity (Wildman–Crippen MR) is 82.8 cm³/mol. The van der Waals surface area contributed by atoms with Gasteiger partial charge in [0, 0.05) is 0 Å². The quantitative estimate of drug-likeness (QED) is 0.310. The molecule has 0 spiro atoms. The fourth-order valence-electron chi connectivity index (χ4n) is 1.12. The van der Waals surface area contributed by atoms with Gasteiger partial charge in [-0.25, -0.2) is 4.79 Å². The van der Waals surface area contributed by atoms with Crippen molar-refractivity contribution in [1.82, 2.24) is 0 Å². The zero-order valence-electron chi connectivity index (χ0n) is 13.5. The number of hydrogen-bond donors (Lipinski definition) is 0. The van der Waals surface area contributed by atoms with Gasteiger partial charge in [0.05, 0.1) is 6.61 Å². The molecule has 0 fully saturated rings. The van der Waals surface area contributed by atoms with Gasteiger partial charge in [-0.05, 0) is 52.6 Å². The van der Waals surface area contributed by atoms with Gasteiger partial charge in [-0.2, -0.15) is 0 Å². The number of ether oxygens (including phenoxy) is 1. The maximum absolute atomic E-state index is 11.9. The molecule has 0 aromatic carbocycles. The summed E-state index contributed by atoms with van der Waals surface area (Å²) in [4.78, 5) is 11.9. The summed E-state index contributed by atoms with van der Waals surface area (Å²) < 4.78 is 17.0. The molecule has 0 radical (unpaired) electrons. The third-order valence-corrected chi connectivity index (χ3v) is 3.44. The van der Waals surface area contributed by atoms with Gasteiger partial charge in [-0.3, -0.25) is 0 Å². The second kappa shape index (κ2) is 7.14. The second-order valence-electron chi connectivity index (χ2n) is 6.48. The Morgan fingerprint density at radius 3 is 1.68 bits per heavy atom. The van der Waals surface area contributed by atoms with Crippen LogP contribution < -0.4 is 0 Å². The van der Waals surface area contributed by atoms with Crippen molar-refractivity contribution >= 4 is 22.6 Å². The summed E-state index contributed by atoms with van der Waals surface area (Å²) >= 11 is 0. The number of carbonyl (C=O) groups excluding carboxylic acids is 1. The summed E-state index contributed by atoms with van der Waals surface area (Å²) in [5.41, 5.74) is 0.429. The molecule has 0 saturated heterocycles. The lowest BCUT2D eigenvalue weighted by molar-refractivity contribution is -0.139. The van der Waals surface area contributed by atoms with Crippen molar-refractivity contribution < 1.29 is 18.4 Å². The van der Waals surface area contributed by atoms with E-state index in [0.29, 0.717) is 18.1 Å². The molecule has 0 amide bonds. The fraction of sp³-hybridized carbons (Fsp3) is 0.769. The van der Waals surface area contributed by atoms with E-state index in [1.807, 2.05) is 6.92 Å². The van der Waals surface area contributed by atoms with Crippen molar-refractivity contribution in [2.45, 2.75) is 59.6 Å². The van der Waals surface area contributed by atoms with Crippen molar-refractivity contribution in [3.63, 3.8) is 0 Å². The van der Waals surface area contributed by atoms with Crippen LogP contribution in [0.25, 0.3) is 0 Å². The monoisotopic (exact) mass is 304 g/mol. The van der Waals surface area contributed by atoms with Gasteiger partial charge in [0.25, 0.3) is 5.95 Å². The highest BCUT2D eigenvalue weighted by atomic mass is 28.4. The van der Waals surface area contributed by atoms with E-state index in [0.717, 1.165) is 6.42 Å². The van der Waals surface area contributed by atoms with Gasteiger partial charge < -0.3 is 13.6 Å². The summed E-state index contributed by atoms with van der Waals surface area (Å²) in [6.45, 7) is 16.4. The predicted octanol–water partition coefficient (Wildman–Crippen LogP) is 3.87. The second-order valence-corrected chi connectivity index (χ2v) is 15.3. The molecular weight excluding hydrogens is 276 g/mol. The molecule has 0 heterocycles. The number of carbonyl (C=O) groups is 1. The number of esters is 1. The van der Waals surface area contributed by atoms with Gasteiger partial charge in [0.2, 0.25) is 16.6 Å². The van der Waals surface area contributed by atoms with Gasteiger partial charge in [-0.1, -0.05) is 6.92 Å². The first-order valence-corrected chi connectivity index (χ1v) is 13.5. The SMILES string of the molecule is CCCOC(=O)C(C)=C(O[Si](C)(C)C)O[Si](C)(C)C. The average molecular weight is 305 g/mol. The van der Waals surface area contributed by atoms with E-state index < -0.39 is 16.6 Å². The molecule has 0 saturated carbocycles. The van der Waals surface area contributed by atoms with Crippen LogP contribution in [0.3, 0.4) is 0 Å². The minimum atomic E-state index is -1.83. The average Bonchev–Trinajstić information content (AvgIpc) is 2.19. The normalized spacial score (nSPS) is 11.8. The van der Waals surface area contributed by atoms with Gasteiger partial charge in [-0.15, -0.1) is 0 Å². The van der Waals surface area contributed by atoms with Crippen molar-refractivity contribution in [1.29, 1.82) is 0 Å². The highest BCUT2D eigenvalue weighted by Crippen LogP contribution is 2.21. The highest BCUT2D eigenvalue weighted by Gasteiger charge is 2.27. The first-order chi connectivity index (χ1) is 8.46. The molecule has 0 aromatic rings. The number of rotatable bonds is 7. The molecule has 0 atom stereocenters. The van der Waals surface area contributed by atoms with Crippen molar-refractivity contribution in [3.8, 4) is 0 Å². The molecule has 4 nitrogen and oxygen atoms in total. The van der Waals surface area contributed by atoms with E-state index in [1.165, 1.54) is 0 Å². The Kier molecular flexibility index (Phi) is 6.86. The van der Waals surface area contributed by atoms with E-state index in [1.54, 1.807) is 6.92 Å². The van der Waals surface area contributed by atoms with Crippen LogP contribution >= 0.6 is 0 Å². The van der Waals surface area contributed by atoms with Gasteiger partial charge in [0.15, 0.2) is 0 Å². The summed E-state index contributed by atoms with van der Waals surface area (Å²) in [6.07, 6.45) is 0.804. The Morgan fingerprint density at radius 1 is 0.947 bits per heavy atom. The molecule has 0 aliphatic rings. The standard InChI is InChI=1S/C13H28O4Si2/c1-9-10-15-12(14)11(2)13(16-18(3,4)5)17-19(6,7)8/h9-10H2,1-8H3. The molecule has 0 bridgehead atoms. The minimum Gasteiger partial charge on any atom is -0.520 e. The summed E-state index contributed by atoms with van der Waals surface area (Å²) in [6, 6.07) is 0. The lowest BCUT2D eigenvalue weighted by atomic mass is 10.3. The molecule has 19 heavy (non-hydrogen) atoms. The molecule has 112 valence electrons. The van der Waals surface area contributed by atoms with E-state index in [2.05, 4.69) is 39.3 Å². The lowest BCUT2D eigenvalue weighted by Crippen LogP contribution is -2.33. The van der Waals surface area contributed by atoms with Gasteiger partial charge >= 0.3 is 5.97 Å². The Balaban J connectivity index is 5.13. The highest BCUT2D eigenvalue weighted by molar-refractivity contribution is 6.71. The number of hydrogen-bond acceptors (Lipinski definition) is 4. The topological polar surface area (TPSA) is 44.8 Å². The van der Waals surface area contributed by atoms with Crippen molar-refractivity contribution in [2.75, 3.05) is 6.61 Å². The third-order valence-electron chi connectivity index (χ3n) is 1.85. The van der Waals surface area contributed by atoms with Crippen LogP contribution in [0.4, 0.5) is 0 Å². The van der Waals surface area contributed by atoms with Crippen LogP contribution in [-0.4, -0.2) is 29.2 Å². The maximum Gasteiger partial charge on any atom is 0.340 e. The molecule has 0 aliphatic heterocycles. The van der Waals surface area contributed by atoms with Crippen LogP contribution in [-0.2, 0) is 18.4 Å². The molecule has 0 aliphatic carbocycles. The smallest absolute Gasteiger partial charge is 0.340 e. The van der Waals surface area contributed by atoms with Crippen molar-refractivity contribution in [2.24, 2.45) is 0 Å². The van der Waals surface area contributed by atoms with Crippen LogP contribution in [0.1, 0.15) is 20.3 Å². The molecule has 0 rings (SSSR count). The summed E-state index contributed by atoms with van der Waals surface area (Å²) in [7, 11) is -3.66.